The van der Waals surface area contributed by atoms with E-state index in [1.54, 1.807) is 6.07 Å². The third-order valence-corrected chi connectivity index (χ3v) is 3.40. The van der Waals surface area contributed by atoms with Crippen LogP contribution in [-0.2, 0) is 0 Å². The van der Waals surface area contributed by atoms with Crippen molar-refractivity contribution in [1.82, 2.24) is 0 Å². The maximum atomic E-state index is 10.8. The monoisotopic (exact) mass is 254 g/mol. The van der Waals surface area contributed by atoms with E-state index in [2.05, 4.69) is 0 Å². The minimum absolute atomic E-state index is 0. The summed E-state index contributed by atoms with van der Waals surface area (Å²) in [6.45, 7) is 0. The number of carboxylic acids is 1. The van der Waals surface area contributed by atoms with Crippen molar-refractivity contribution < 1.29 is 14.3 Å². The summed E-state index contributed by atoms with van der Waals surface area (Å²) in [4.78, 5) is 11.1. The molecular weight excluding hydrogens is 248 g/mol. The summed E-state index contributed by atoms with van der Waals surface area (Å²) >= 11 is 1.25. The van der Waals surface area contributed by atoms with Crippen molar-refractivity contribution >= 4 is 51.0 Å². The van der Waals surface area contributed by atoms with Crippen molar-refractivity contribution in [3.05, 3.63) is 35.2 Å². The molecule has 2 aromatic heterocycles. The summed E-state index contributed by atoms with van der Waals surface area (Å²) in [5, 5.41) is 9.82. The summed E-state index contributed by atoms with van der Waals surface area (Å²) < 4.78 is 6.44. The standard InChI is InChI=1S/C11H6O3S.ClH/c12-11(13)9-5-8-10(15-9)6-3-1-2-4-7(6)14-8;/h1-5H,(H,12,13);1H. The van der Waals surface area contributed by atoms with E-state index in [1.165, 1.54) is 11.3 Å². The Kier molecular flexibility index (Phi) is 2.61. The predicted octanol–water partition coefficient (Wildman–Crippen LogP) is 3.77. The first-order chi connectivity index (χ1) is 7.25. The summed E-state index contributed by atoms with van der Waals surface area (Å²) in [6, 6.07) is 9.19. The lowest BCUT2D eigenvalue weighted by Crippen LogP contribution is -1.89. The van der Waals surface area contributed by atoms with Crippen LogP contribution in [-0.4, -0.2) is 11.1 Å². The Labute approximate surface area is 101 Å². The smallest absolute Gasteiger partial charge is 0.346 e. The molecule has 2 heterocycles. The van der Waals surface area contributed by atoms with Crippen LogP contribution in [0.5, 0.6) is 0 Å². The highest BCUT2D eigenvalue weighted by Gasteiger charge is 2.14. The number of benzene rings is 1. The number of hydrogen-bond acceptors (Lipinski definition) is 3. The minimum Gasteiger partial charge on any atom is -0.477 e. The van der Waals surface area contributed by atoms with Crippen molar-refractivity contribution in [1.29, 1.82) is 0 Å². The highest BCUT2D eigenvalue weighted by atomic mass is 35.5. The Morgan fingerprint density at radius 3 is 2.75 bits per heavy atom. The van der Waals surface area contributed by atoms with Crippen LogP contribution in [0.4, 0.5) is 0 Å². The highest BCUT2D eigenvalue weighted by molar-refractivity contribution is 7.21. The molecule has 0 aliphatic rings. The number of thiophene rings is 1. The molecule has 0 atom stereocenters. The van der Waals surface area contributed by atoms with Crippen LogP contribution in [0, 0.1) is 0 Å². The first-order valence-electron chi connectivity index (χ1n) is 4.40. The van der Waals surface area contributed by atoms with Gasteiger partial charge in [-0.2, -0.15) is 0 Å². The van der Waals surface area contributed by atoms with Crippen molar-refractivity contribution in [2.24, 2.45) is 0 Å². The Morgan fingerprint density at radius 1 is 1.25 bits per heavy atom. The average Bonchev–Trinajstić information content (AvgIpc) is 2.73. The molecule has 1 N–H and O–H groups in total. The van der Waals surface area contributed by atoms with Crippen LogP contribution in [0.25, 0.3) is 21.3 Å². The van der Waals surface area contributed by atoms with E-state index in [9.17, 15) is 4.79 Å². The molecule has 0 fully saturated rings. The highest BCUT2D eigenvalue weighted by Crippen LogP contribution is 2.34. The Balaban J connectivity index is 0.000000963. The Hall–Kier alpha value is -1.52. The lowest BCUT2D eigenvalue weighted by atomic mass is 10.2. The van der Waals surface area contributed by atoms with Gasteiger partial charge in [0.2, 0.25) is 0 Å². The zero-order valence-corrected chi connectivity index (χ0v) is 9.60. The number of hydrogen-bond donors (Lipinski definition) is 1. The molecule has 3 aromatic rings. The number of furan rings is 1. The molecule has 0 spiro atoms. The van der Waals surface area contributed by atoms with Crippen molar-refractivity contribution in [2.75, 3.05) is 0 Å². The maximum Gasteiger partial charge on any atom is 0.346 e. The van der Waals surface area contributed by atoms with E-state index in [0.29, 0.717) is 10.5 Å². The van der Waals surface area contributed by atoms with Gasteiger partial charge in [0.05, 0.1) is 4.70 Å². The number of carboxylic acid groups (broad SMARTS) is 1. The van der Waals surface area contributed by atoms with E-state index >= 15 is 0 Å². The van der Waals surface area contributed by atoms with E-state index in [-0.39, 0.29) is 12.4 Å². The van der Waals surface area contributed by atoms with Gasteiger partial charge in [-0.25, -0.2) is 4.79 Å². The molecule has 0 aliphatic heterocycles. The summed E-state index contributed by atoms with van der Waals surface area (Å²) in [6.07, 6.45) is 0. The van der Waals surface area contributed by atoms with Crippen LogP contribution in [0.1, 0.15) is 9.67 Å². The van der Waals surface area contributed by atoms with E-state index in [4.69, 9.17) is 9.52 Å². The third-order valence-electron chi connectivity index (χ3n) is 2.26. The van der Waals surface area contributed by atoms with Gasteiger partial charge in [-0.3, -0.25) is 0 Å². The second-order valence-electron chi connectivity index (χ2n) is 3.21. The molecule has 16 heavy (non-hydrogen) atoms. The molecule has 5 heteroatoms. The minimum atomic E-state index is -0.907. The van der Waals surface area contributed by atoms with Crippen LogP contribution in [0.2, 0.25) is 0 Å². The topological polar surface area (TPSA) is 50.4 Å². The first-order valence-corrected chi connectivity index (χ1v) is 5.22. The second-order valence-corrected chi connectivity index (χ2v) is 4.26. The van der Waals surface area contributed by atoms with Gasteiger partial charge >= 0.3 is 5.97 Å². The largest absolute Gasteiger partial charge is 0.477 e. The molecule has 0 unspecified atom stereocenters. The van der Waals surface area contributed by atoms with Gasteiger partial charge in [0, 0.05) is 11.5 Å². The zero-order chi connectivity index (χ0) is 10.4. The summed E-state index contributed by atoms with van der Waals surface area (Å²) in [7, 11) is 0. The molecular formula is C11H7ClO3S. The van der Waals surface area contributed by atoms with Crippen molar-refractivity contribution in [3.8, 4) is 0 Å². The fraction of sp³-hybridized carbons (Fsp3) is 0. The summed E-state index contributed by atoms with van der Waals surface area (Å²) in [5.41, 5.74) is 1.45. The molecule has 0 saturated carbocycles. The number of aromatic carboxylic acids is 1. The lowest BCUT2D eigenvalue weighted by molar-refractivity contribution is 0.0702. The van der Waals surface area contributed by atoms with E-state index in [1.807, 2.05) is 24.3 Å². The van der Waals surface area contributed by atoms with Gasteiger partial charge in [0.15, 0.2) is 0 Å². The number of para-hydroxylation sites is 1. The first kappa shape index (κ1) is 11.0. The third kappa shape index (κ3) is 1.47. The van der Waals surface area contributed by atoms with E-state index < -0.39 is 5.97 Å². The average molecular weight is 255 g/mol. The predicted molar refractivity (Wildman–Crippen MR) is 65.8 cm³/mol. The van der Waals surface area contributed by atoms with Gasteiger partial charge in [-0.1, -0.05) is 12.1 Å². The lowest BCUT2D eigenvalue weighted by Gasteiger charge is -1.86. The molecule has 3 nitrogen and oxygen atoms in total. The number of carbonyl (C=O) groups is 1. The fourth-order valence-electron chi connectivity index (χ4n) is 1.60. The molecule has 0 saturated heterocycles. The molecule has 0 bridgehead atoms. The molecule has 1 aromatic carbocycles. The maximum absolute atomic E-state index is 10.8. The van der Waals surface area contributed by atoms with Crippen LogP contribution in [0.15, 0.2) is 34.7 Å². The van der Waals surface area contributed by atoms with Gasteiger partial charge in [0.25, 0.3) is 0 Å². The SMILES string of the molecule is Cl.O=C(O)c1cc2oc3ccccc3c2s1. The Bertz CT molecular complexity index is 668. The number of rotatable bonds is 1. The molecule has 0 aliphatic carbocycles. The zero-order valence-electron chi connectivity index (χ0n) is 7.97. The van der Waals surface area contributed by atoms with Gasteiger partial charge in [-0.15, -0.1) is 23.7 Å². The van der Waals surface area contributed by atoms with Crippen LogP contribution < -0.4 is 0 Å². The number of fused-ring (bicyclic) bond motifs is 3. The van der Waals surface area contributed by atoms with Crippen molar-refractivity contribution in [2.45, 2.75) is 0 Å². The summed E-state index contributed by atoms with van der Waals surface area (Å²) in [5.74, 6) is -0.907. The van der Waals surface area contributed by atoms with Crippen LogP contribution in [0.3, 0.4) is 0 Å². The molecule has 0 amide bonds. The fourth-order valence-corrected chi connectivity index (χ4v) is 2.56. The van der Waals surface area contributed by atoms with Crippen LogP contribution >= 0.6 is 23.7 Å². The van der Waals surface area contributed by atoms with E-state index in [0.717, 1.165) is 15.7 Å². The van der Waals surface area contributed by atoms with Gasteiger partial charge in [-0.05, 0) is 12.1 Å². The normalized spacial score (nSPS) is 10.5. The Morgan fingerprint density at radius 2 is 2.00 bits per heavy atom. The molecule has 3 rings (SSSR count). The molecule has 0 radical (unpaired) electrons. The molecule has 82 valence electrons. The van der Waals surface area contributed by atoms with Gasteiger partial charge < -0.3 is 9.52 Å². The van der Waals surface area contributed by atoms with Gasteiger partial charge in [0.1, 0.15) is 16.0 Å². The van der Waals surface area contributed by atoms with Crippen molar-refractivity contribution in [3.63, 3.8) is 0 Å². The second kappa shape index (κ2) is 3.81. The number of halogens is 1. The quantitative estimate of drug-likeness (QED) is 0.719.